The smallest absolute Gasteiger partial charge is 0.239 e. The maximum Gasteiger partial charge on any atom is 0.239 e. The molecule has 0 aliphatic carbocycles. The highest BCUT2D eigenvalue weighted by Crippen LogP contribution is 2.13. The summed E-state index contributed by atoms with van der Waals surface area (Å²) < 4.78 is 1.62. The molecule has 1 aliphatic heterocycles. The van der Waals surface area contributed by atoms with Crippen LogP contribution in [0.5, 0.6) is 0 Å². The third-order valence-electron chi connectivity index (χ3n) is 4.27. The Morgan fingerprint density at radius 3 is 2.68 bits per heavy atom. The number of pyridine rings is 1. The van der Waals surface area contributed by atoms with Crippen molar-refractivity contribution in [1.82, 2.24) is 24.5 Å². The molecule has 128 valence electrons. The molecule has 0 saturated carbocycles. The van der Waals surface area contributed by atoms with Gasteiger partial charge in [-0.05, 0) is 18.2 Å². The van der Waals surface area contributed by atoms with E-state index in [-0.39, 0.29) is 5.91 Å². The van der Waals surface area contributed by atoms with Crippen LogP contribution in [0, 0.1) is 0 Å². The fourth-order valence-electron chi connectivity index (χ4n) is 2.99. The number of carbonyl (C=O) groups is 1. The van der Waals surface area contributed by atoms with E-state index in [1.54, 1.807) is 35.2 Å². The molecule has 8 nitrogen and oxygen atoms in total. The van der Waals surface area contributed by atoms with Gasteiger partial charge in [0.1, 0.15) is 11.6 Å². The van der Waals surface area contributed by atoms with Gasteiger partial charge < -0.3 is 10.2 Å². The van der Waals surface area contributed by atoms with Crippen molar-refractivity contribution in [3.8, 4) is 0 Å². The molecule has 1 aliphatic rings. The lowest BCUT2D eigenvalue weighted by Gasteiger charge is -2.34. The third-order valence-corrected chi connectivity index (χ3v) is 4.27. The molecule has 0 unspecified atom stereocenters. The van der Waals surface area contributed by atoms with Gasteiger partial charge in [0.25, 0.3) is 0 Å². The van der Waals surface area contributed by atoms with Gasteiger partial charge in [-0.15, -0.1) is 0 Å². The Hall–Kier alpha value is -3.00. The first-order valence-corrected chi connectivity index (χ1v) is 8.26. The molecule has 0 aromatic carbocycles. The second-order valence-electron chi connectivity index (χ2n) is 5.93. The minimum Gasteiger partial charge on any atom is -0.354 e. The van der Waals surface area contributed by atoms with E-state index in [4.69, 9.17) is 0 Å². The maximum absolute atomic E-state index is 12.4. The zero-order chi connectivity index (χ0) is 17.1. The average molecular weight is 337 g/mol. The van der Waals surface area contributed by atoms with E-state index in [1.165, 1.54) is 0 Å². The number of amides is 1. The van der Waals surface area contributed by atoms with E-state index < -0.39 is 0 Å². The second kappa shape index (κ2) is 6.86. The number of nitrogens with zero attached hydrogens (tertiary/aromatic N) is 6. The normalized spacial score (nSPS) is 15.4. The van der Waals surface area contributed by atoms with E-state index in [1.807, 2.05) is 18.2 Å². The monoisotopic (exact) mass is 337 g/mol. The lowest BCUT2D eigenvalue weighted by atomic mass is 10.3. The molecule has 8 heteroatoms. The van der Waals surface area contributed by atoms with Crippen molar-refractivity contribution in [2.24, 2.45) is 0 Å². The number of carbonyl (C=O) groups excluding carboxylic acids is 1. The highest BCUT2D eigenvalue weighted by atomic mass is 16.2. The molecule has 4 heterocycles. The molecular formula is C17H19N7O. The SMILES string of the molecule is O=C(CN1CCN(c2ccccn2)CC1)Nc1ccnc2ccnn12. The molecule has 1 N–H and O–H groups in total. The topological polar surface area (TPSA) is 78.7 Å². The summed E-state index contributed by atoms with van der Waals surface area (Å²) in [6.45, 7) is 3.75. The summed E-state index contributed by atoms with van der Waals surface area (Å²) in [4.78, 5) is 25.3. The summed E-state index contributed by atoms with van der Waals surface area (Å²) in [5, 5.41) is 7.09. The van der Waals surface area contributed by atoms with Crippen molar-refractivity contribution in [1.29, 1.82) is 0 Å². The Balaban J connectivity index is 1.33. The average Bonchev–Trinajstić information content (AvgIpc) is 3.13. The number of fused-ring (bicyclic) bond motifs is 1. The van der Waals surface area contributed by atoms with Crippen LogP contribution in [0.25, 0.3) is 5.65 Å². The number of piperazine rings is 1. The molecule has 0 bridgehead atoms. The van der Waals surface area contributed by atoms with E-state index in [2.05, 4.69) is 30.2 Å². The van der Waals surface area contributed by atoms with Crippen LogP contribution in [0.1, 0.15) is 0 Å². The quantitative estimate of drug-likeness (QED) is 0.762. The van der Waals surface area contributed by atoms with Crippen LogP contribution in [-0.2, 0) is 4.79 Å². The summed E-state index contributed by atoms with van der Waals surface area (Å²) in [5.41, 5.74) is 0.710. The van der Waals surface area contributed by atoms with Crippen molar-refractivity contribution in [2.75, 3.05) is 42.9 Å². The molecule has 3 aromatic rings. The molecule has 1 fully saturated rings. The van der Waals surface area contributed by atoms with Gasteiger partial charge in [0.05, 0.1) is 12.7 Å². The molecular weight excluding hydrogens is 318 g/mol. The Morgan fingerprint density at radius 2 is 1.88 bits per heavy atom. The summed E-state index contributed by atoms with van der Waals surface area (Å²) in [6, 6.07) is 9.47. The van der Waals surface area contributed by atoms with Crippen LogP contribution in [0.4, 0.5) is 11.6 Å². The predicted molar refractivity (Wildman–Crippen MR) is 94.5 cm³/mol. The Kier molecular flexibility index (Phi) is 4.26. The lowest BCUT2D eigenvalue weighted by Crippen LogP contribution is -2.49. The summed E-state index contributed by atoms with van der Waals surface area (Å²) in [7, 11) is 0. The lowest BCUT2D eigenvalue weighted by molar-refractivity contribution is -0.117. The Morgan fingerprint density at radius 1 is 1.00 bits per heavy atom. The number of anilines is 2. The van der Waals surface area contributed by atoms with Gasteiger partial charge in [-0.2, -0.15) is 9.61 Å². The minimum atomic E-state index is -0.0470. The van der Waals surface area contributed by atoms with E-state index in [0.29, 0.717) is 18.0 Å². The first kappa shape index (κ1) is 15.5. The zero-order valence-corrected chi connectivity index (χ0v) is 13.7. The molecule has 0 atom stereocenters. The number of rotatable bonds is 4. The van der Waals surface area contributed by atoms with Gasteiger partial charge in [-0.3, -0.25) is 9.69 Å². The number of aromatic nitrogens is 4. The van der Waals surface area contributed by atoms with Gasteiger partial charge >= 0.3 is 0 Å². The standard InChI is InChI=1S/C17H19N7O/c25-17(21-16-4-7-19-15-5-8-20-24(15)16)13-22-9-11-23(12-10-22)14-3-1-2-6-18-14/h1-8H,9-13H2,(H,21,25). The number of nitrogens with one attached hydrogen (secondary N) is 1. The molecule has 1 saturated heterocycles. The molecule has 25 heavy (non-hydrogen) atoms. The highest BCUT2D eigenvalue weighted by molar-refractivity contribution is 5.91. The minimum absolute atomic E-state index is 0.0470. The van der Waals surface area contributed by atoms with Gasteiger partial charge in [0.15, 0.2) is 5.65 Å². The first-order valence-electron chi connectivity index (χ1n) is 8.26. The zero-order valence-electron chi connectivity index (χ0n) is 13.7. The van der Waals surface area contributed by atoms with Gasteiger partial charge in [-0.1, -0.05) is 6.07 Å². The van der Waals surface area contributed by atoms with Gasteiger partial charge in [-0.25, -0.2) is 9.97 Å². The van der Waals surface area contributed by atoms with E-state index >= 15 is 0 Å². The van der Waals surface area contributed by atoms with Crippen molar-refractivity contribution >= 4 is 23.2 Å². The number of hydrogen-bond acceptors (Lipinski definition) is 6. The number of hydrogen-bond donors (Lipinski definition) is 1. The van der Waals surface area contributed by atoms with Crippen molar-refractivity contribution in [2.45, 2.75) is 0 Å². The van der Waals surface area contributed by atoms with Crippen LogP contribution >= 0.6 is 0 Å². The van der Waals surface area contributed by atoms with Gasteiger partial charge in [0, 0.05) is 44.6 Å². The molecule has 0 radical (unpaired) electrons. The first-order chi connectivity index (χ1) is 12.3. The van der Waals surface area contributed by atoms with Crippen LogP contribution < -0.4 is 10.2 Å². The fourth-order valence-corrected chi connectivity index (χ4v) is 2.99. The Bertz CT molecular complexity index is 856. The van der Waals surface area contributed by atoms with E-state index in [9.17, 15) is 4.79 Å². The van der Waals surface area contributed by atoms with Crippen molar-refractivity contribution in [3.05, 3.63) is 48.9 Å². The molecule has 1 amide bonds. The van der Waals surface area contributed by atoms with Crippen LogP contribution in [0.15, 0.2) is 48.9 Å². The van der Waals surface area contributed by atoms with Crippen molar-refractivity contribution in [3.63, 3.8) is 0 Å². The third kappa shape index (κ3) is 3.43. The summed E-state index contributed by atoms with van der Waals surface area (Å²) in [5.74, 6) is 1.57. The van der Waals surface area contributed by atoms with Crippen molar-refractivity contribution < 1.29 is 4.79 Å². The summed E-state index contributed by atoms with van der Waals surface area (Å²) in [6.07, 6.45) is 5.13. The van der Waals surface area contributed by atoms with Crippen LogP contribution in [0.2, 0.25) is 0 Å². The molecule has 0 spiro atoms. The van der Waals surface area contributed by atoms with Crippen LogP contribution in [-0.4, -0.2) is 63.1 Å². The van der Waals surface area contributed by atoms with Gasteiger partial charge in [0.2, 0.25) is 5.91 Å². The fraction of sp³-hybridized carbons (Fsp3) is 0.294. The summed E-state index contributed by atoms with van der Waals surface area (Å²) >= 11 is 0. The highest BCUT2D eigenvalue weighted by Gasteiger charge is 2.20. The molecule has 3 aromatic heterocycles. The predicted octanol–water partition coefficient (Wildman–Crippen LogP) is 0.885. The van der Waals surface area contributed by atoms with Crippen LogP contribution in [0.3, 0.4) is 0 Å². The maximum atomic E-state index is 12.4. The van der Waals surface area contributed by atoms with E-state index in [0.717, 1.165) is 32.0 Å². The molecule has 4 rings (SSSR count). The largest absolute Gasteiger partial charge is 0.354 e. The second-order valence-corrected chi connectivity index (χ2v) is 5.93. The Labute approximate surface area is 145 Å².